The van der Waals surface area contributed by atoms with Crippen LogP contribution >= 0.6 is 0 Å². The van der Waals surface area contributed by atoms with Crippen LogP contribution in [0, 0.1) is 12.8 Å². The molecular weight excluding hydrogens is 385 g/mol. The van der Waals surface area contributed by atoms with E-state index in [4.69, 9.17) is 4.42 Å². The molecule has 0 radical (unpaired) electrons. The van der Waals surface area contributed by atoms with Crippen molar-refractivity contribution < 1.29 is 17.6 Å². The summed E-state index contributed by atoms with van der Waals surface area (Å²) in [6.45, 7) is 11.2. The minimum absolute atomic E-state index is 0.00948. The predicted octanol–water partition coefficient (Wildman–Crippen LogP) is 5.20. The lowest BCUT2D eigenvalue weighted by Crippen LogP contribution is -2.25. The van der Waals surface area contributed by atoms with E-state index in [1.807, 2.05) is 33.8 Å². The van der Waals surface area contributed by atoms with E-state index < -0.39 is 24.6 Å². The average molecular weight is 412 g/mol. The second-order valence-electron chi connectivity index (χ2n) is 6.29. The summed E-state index contributed by atoms with van der Waals surface area (Å²) in [7, 11) is 0. The molecule has 0 aliphatic rings. The topological polar surface area (TPSA) is 73.8 Å². The maximum absolute atomic E-state index is 12.8. The summed E-state index contributed by atoms with van der Waals surface area (Å²) < 4.78 is 44.7. The van der Waals surface area contributed by atoms with Crippen molar-refractivity contribution in [2.24, 2.45) is 5.92 Å². The van der Waals surface area contributed by atoms with Gasteiger partial charge in [0.2, 0.25) is 5.89 Å². The van der Waals surface area contributed by atoms with Crippen molar-refractivity contribution in [1.82, 2.24) is 19.7 Å². The van der Waals surface area contributed by atoms with Crippen LogP contribution in [0.5, 0.6) is 0 Å². The van der Waals surface area contributed by atoms with E-state index in [2.05, 4.69) is 15.2 Å². The fourth-order valence-corrected chi connectivity index (χ4v) is 2.33. The minimum atomic E-state index is -4.37. The molecule has 0 saturated heterocycles. The van der Waals surface area contributed by atoms with E-state index >= 15 is 0 Å². The number of nitrogens with zero attached hydrogens (tertiary/aromatic N) is 4. The second-order valence-corrected chi connectivity index (χ2v) is 6.29. The Balaban J connectivity index is 0.00000204. The summed E-state index contributed by atoms with van der Waals surface area (Å²) in [6, 6.07) is 1.18. The molecule has 0 amide bonds. The highest BCUT2D eigenvalue weighted by molar-refractivity contribution is 5.58. The SMILES string of the molecule is C/C=C(\C=C/C(C)C)n1c(CCC(F)(F)F)nc(-c2nnc(C)o2)cc1=O.CC. The van der Waals surface area contributed by atoms with Gasteiger partial charge >= 0.3 is 6.18 Å². The van der Waals surface area contributed by atoms with E-state index in [9.17, 15) is 18.0 Å². The zero-order valence-electron chi connectivity index (χ0n) is 17.5. The number of allylic oxidation sites excluding steroid dienone is 4. The molecule has 160 valence electrons. The van der Waals surface area contributed by atoms with Gasteiger partial charge < -0.3 is 4.42 Å². The molecule has 0 aliphatic carbocycles. The van der Waals surface area contributed by atoms with Crippen LogP contribution < -0.4 is 5.56 Å². The molecule has 2 aromatic rings. The van der Waals surface area contributed by atoms with Crippen LogP contribution in [0.4, 0.5) is 13.2 Å². The lowest BCUT2D eigenvalue weighted by atomic mass is 10.2. The van der Waals surface area contributed by atoms with Gasteiger partial charge in [-0.3, -0.25) is 9.36 Å². The standard InChI is InChI=1S/C18H21F3N4O2.C2H6/c1-5-13(7-6-11(2)3)25-15(8-9-18(19,20)21)22-14(10-16(25)26)17-24-23-12(4)27-17;1-2/h5-7,10-11H,8-9H2,1-4H3;1-2H3/b7-6-,13-5+;. The number of aromatic nitrogens is 4. The van der Waals surface area contributed by atoms with Crippen LogP contribution in [0.25, 0.3) is 17.3 Å². The van der Waals surface area contributed by atoms with E-state index in [0.717, 1.165) is 0 Å². The normalized spacial score (nSPS) is 12.4. The van der Waals surface area contributed by atoms with Gasteiger partial charge in [-0.05, 0) is 18.9 Å². The summed E-state index contributed by atoms with van der Waals surface area (Å²) in [4.78, 5) is 16.9. The third-order valence-corrected chi connectivity index (χ3v) is 3.57. The van der Waals surface area contributed by atoms with E-state index in [-0.39, 0.29) is 29.2 Å². The van der Waals surface area contributed by atoms with Crippen molar-refractivity contribution in [3.05, 3.63) is 46.4 Å². The van der Waals surface area contributed by atoms with Crippen molar-refractivity contribution in [2.75, 3.05) is 0 Å². The highest BCUT2D eigenvalue weighted by atomic mass is 19.4. The van der Waals surface area contributed by atoms with Crippen molar-refractivity contribution in [1.29, 1.82) is 0 Å². The first kappa shape index (κ1) is 24.3. The maximum atomic E-state index is 12.8. The van der Waals surface area contributed by atoms with Crippen LogP contribution in [0.2, 0.25) is 0 Å². The molecule has 0 atom stereocenters. The molecule has 0 saturated carbocycles. The highest BCUT2D eigenvalue weighted by Gasteiger charge is 2.28. The Kier molecular flexibility index (Phi) is 9.00. The molecule has 0 aliphatic heterocycles. The molecule has 0 bridgehead atoms. The summed E-state index contributed by atoms with van der Waals surface area (Å²) in [5.41, 5.74) is -0.0153. The average Bonchev–Trinajstić information content (AvgIpc) is 3.08. The van der Waals surface area contributed by atoms with Gasteiger partial charge in [-0.1, -0.05) is 39.8 Å². The van der Waals surface area contributed by atoms with Crippen molar-refractivity contribution in [3.63, 3.8) is 0 Å². The Bertz CT molecular complexity index is 909. The number of rotatable bonds is 6. The fourth-order valence-electron chi connectivity index (χ4n) is 2.33. The van der Waals surface area contributed by atoms with Crippen molar-refractivity contribution in [3.8, 4) is 11.6 Å². The molecule has 2 heterocycles. The number of hydrogen-bond donors (Lipinski definition) is 0. The monoisotopic (exact) mass is 412 g/mol. The number of aryl methyl sites for hydroxylation is 2. The van der Waals surface area contributed by atoms with Gasteiger partial charge in [0.05, 0.1) is 6.42 Å². The second kappa shape index (κ2) is 10.7. The largest absolute Gasteiger partial charge is 0.420 e. The molecule has 29 heavy (non-hydrogen) atoms. The van der Waals surface area contributed by atoms with E-state index in [0.29, 0.717) is 5.70 Å². The minimum Gasteiger partial charge on any atom is -0.420 e. The molecule has 0 unspecified atom stereocenters. The number of hydrogen-bond acceptors (Lipinski definition) is 5. The number of alkyl halides is 3. The van der Waals surface area contributed by atoms with Gasteiger partial charge in [0.15, 0.2) is 0 Å². The van der Waals surface area contributed by atoms with Crippen molar-refractivity contribution in [2.45, 2.75) is 60.6 Å². The maximum Gasteiger partial charge on any atom is 0.389 e. The third kappa shape index (κ3) is 7.32. The first-order valence-corrected chi connectivity index (χ1v) is 9.46. The van der Waals surface area contributed by atoms with Gasteiger partial charge in [0.25, 0.3) is 11.4 Å². The highest BCUT2D eigenvalue weighted by Crippen LogP contribution is 2.23. The van der Waals surface area contributed by atoms with Crippen LogP contribution in [-0.2, 0) is 6.42 Å². The summed E-state index contributed by atoms with van der Waals surface area (Å²) >= 11 is 0. The molecule has 0 aromatic carbocycles. The van der Waals surface area contributed by atoms with Crippen LogP contribution in [0.15, 0.2) is 33.5 Å². The Morgan fingerprint density at radius 2 is 1.93 bits per heavy atom. The molecule has 2 aromatic heterocycles. The molecule has 0 spiro atoms. The Hall–Kier alpha value is -2.71. The quantitative estimate of drug-likeness (QED) is 0.610. The Labute approximate surface area is 168 Å². The first-order chi connectivity index (χ1) is 13.6. The molecular formula is C20H27F3N4O2. The lowest BCUT2D eigenvalue weighted by molar-refractivity contribution is -0.134. The van der Waals surface area contributed by atoms with Gasteiger partial charge in [-0.15, -0.1) is 10.2 Å². The van der Waals surface area contributed by atoms with E-state index in [1.165, 1.54) is 10.6 Å². The molecule has 9 heteroatoms. The third-order valence-electron chi connectivity index (χ3n) is 3.57. The fraction of sp³-hybridized carbons (Fsp3) is 0.500. The van der Waals surface area contributed by atoms with Crippen LogP contribution in [0.3, 0.4) is 0 Å². The molecule has 2 rings (SSSR count). The lowest BCUT2D eigenvalue weighted by Gasteiger charge is -2.14. The molecule has 0 fully saturated rings. The van der Waals surface area contributed by atoms with Gasteiger partial charge in [-0.2, -0.15) is 13.2 Å². The molecule has 6 nitrogen and oxygen atoms in total. The van der Waals surface area contributed by atoms with Gasteiger partial charge in [0.1, 0.15) is 11.5 Å². The molecule has 0 N–H and O–H groups in total. The van der Waals surface area contributed by atoms with E-state index in [1.54, 1.807) is 26.0 Å². The van der Waals surface area contributed by atoms with Crippen molar-refractivity contribution >= 4 is 5.70 Å². The van der Waals surface area contributed by atoms with Crippen LogP contribution in [-0.4, -0.2) is 25.9 Å². The van der Waals surface area contributed by atoms with Gasteiger partial charge in [0, 0.05) is 25.1 Å². The predicted molar refractivity (Wildman–Crippen MR) is 106 cm³/mol. The number of halogens is 3. The van der Waals surface area contributed by atoms with Crippen LogP contribution in [0.1, 0.15) is 52.8 Å². The summed E-state index contributed by atoms with van der Waals surface area (Å²) in [6.07, 6.45) is -0.728. The zero-order chi connectivity index (χ0) is 22.2. The Morgan fingerprint density at radius 3 is 2.41 bits per heavy atom. The first-order valence-electron chi connectivity index (χ1n) is 9.46. The summed E-state index contributed by atoms with van der Waals surface area (Å²) in [5, 5.41) is 7.45. The smallest absolute Gasteiger partial charge is 0.389 e. The summed E-state index contributed by atoms with van der Waals surface area (Å²) in [5.74, 6) is 0.446. The Morgan fingerprint density at radius 1 is 1.28 bits per heavy atom. The zero-order valence-corrected chi connectivity index (χ0v) is 17.5. The van der Waals surface area contributed by atoms with Gasteiger partial charge in [-0.25, -0.2) is 4.98 Å².